The molecule has 4 aromatic rings. The lowest BCUT2D eigenvalue weighted by molar-refractivity contribution is -0.127. The Bertz CT molecular complexity index is 1280. The van der Waals surface area contributed by atoms with Crippen LogP contribution >= 0.6 is 0 Å². The second kappa shape index (κ2) is 10.6. The zero-order chi connectivity index (χ0) is 23.9. The maximum atomic E-state index is 13.4. The van der Waals surface area contributed by atoms with Crippen LogP contribution in [0.15, 0.2) is 91.1 Å². The van der Waals surface area contributed by atoms with Gasteiger partial charge in [0.2, 0.25) is 5.91 Å². The molecule has 1 N–H and O–H groups in total. The summed E-state index contributed by atoms with van der Waals surface area (Å²) in [6.07, 6.45) is 2.17. The summed E-state index contributed by atoms with van der Waals surface area (Å²) < 4.78 is 5.46. The minimum atomic E-state index is -0.730. The average molecular weight is 454 g/mol. The molecule has 6 heteroatoms. The van der Waals surface area contributed by atoms with E-state index in [0.29, 0.717) is 12.2 Å². The molecule has 0 unspecified atom stereocenters. The van der Waals surface area contributed by atoms with Crippen LogP contribution < -0.4 is 15.0 Å². The van der Waals surface area contributed by atoms with Crippen molar-refractivity contribution in [3.05, 3.63) is 102 Å². The standard InChI is InChI=1S/C28H27N3O3/c1-31(26-14-8-9-17-29-26)28(33)24(18-20-10-4-3-5-11-20)30-27(32)19-21-15-16-25(34-2)23-13-7-6-12-22(21)23/h3-17,24H,18-19H2,1-2H3,(H,30,32)/t24-/m0/s1. The van der Waals surface area contributed by atoms with Gasteiger partial charge < -0.3 is 10.1 Å². The molecule has 0 spiro atoms. The molecular weight excluding hydrogens is 426 g/mol. The van der Waals surface area contributed by atoms with Crippen molar-refractivity contribution < 1.29 is 14.3 Å². The number of methoxy groups -OCH3 is 1. The number of anilines is 1. The van der Waals surface area contributed by atoms with Gasteiger partial charge in [-0.25, -0.2) is 4.98 Å². The van der Waals surface area contributed by atoms with Crippen molar-refractivity contribution in [1.82, 2.24) is 10.3 Å². The van der Waals surface area contributed by atoms with Gasteiger partial charge in [-0.2, -0.15) is 0 Å². The van der Waals surface area contributed by atoms with Gasteiger partial charge in [0.1, 0.15) is 17.6 Å². The maximum Gasteiger partial charge on any atom is 0.250 e. The van der Waals surface area contributed by atoms with Crippen LogP contribution in [0.25, 0.3) is 10.8 Å². The highest BCUT2D eigenvalue weighted by molar-refractivity contribution is 5.99. The largest absolute Gasteiger partial charge is 0.496 e. The number of hydrogen-bond donors (Lipinski definition) is 1. The minimum absolute atomic E-state index is 0.149. The fraction of sp³-hybridized carbons (Fsp3) is 0.179. The van der Waals surface area contributed by atoms with Crippen molar-refractivity contribution in [3.63, 3.8) is 0 Å². The Labute approximate surface area is 199 Å². The van der Waals surface area contributed by atoms with Gasteiger partial charge in [0, 0.05) is 25.1 Å². The highest BCUT2D eigenvalue weighted by atomic mass is 16.5. The number of nitrogens with one attached hydrogen (secondary N) is 1. The fourth-order valence-electron chi connectivity index (χ4n) is 4.03. The topological polar surface area (TPSA) is 71.5 Å². The summed E-state index contributed by atoms with van der Waals surface area (Å²) in [5.41, 5.74) is 1.84. The van der Waals surface area contributed by atoms with Crippen LogP contribution in [-0.4, -0.2) is 37.0 Å². The van der Waals surface area contributed by atoms with E-state index in [1.54, 1.807) is 32.5 Å². The van der Waals surface area contributed by atoms with Crippen LogP contribution in [0.4, 0.5) is 5.82 Å². The summed E-state index contributed by atoms with van der Waals surface area (Å²) in [6.45, 7) is 0. The normalized spacial score (nSPS) is 11.6. The lowest BCUT2D eigenvalue weighted by atomic mass is 10.00. The summed E-state index contributed by atoms with van der Waals surface area (Å²) >= 11 is 0. The number of carbonyl (C=O) groups is 2. The van der Waals surface area contributed by atoms with Crippen molar-refractivity contribution in [1.29, 1.82) is 0 Å². The highest BCUT2D eigenvalue weighted by Crippen LogP contribution is 2.28. The second-order valence-corrected chi connectivity index (χ2v) is 8.04. The van der Waals surface area contributed by atoms with E-state index >= 15 is 0 Å². The fourth-order valence-corrected chi connectivity index (χ4v) is 4.03. The van der Waals surface area contributed by atoms with Crippen molar-refractivity contribution in [3.8, 4) is 5.75 Å². The number of rotatable bonds is 8. The molecule has 0 saturated heterocycles. The third-order valence-corrected chi connectivity index (χ3v) is 5.78. The Hall–Kier alpha value is -4.19. The van der Waals surface area contributed by atoms with E-state index in [9.17, 15) is 9.59 Å². The quantitative estimate of drug-likeness (QED) is 0.435. The van der Waals surface area contributed by atoms with Crippen LogP contribution in [0.3, 0.4) is 0 Å². The summed E-state index contributed by atoms with van der Waals surface area (Å²) in [6, 6.07) is 25.9. The molecule has 0 aliphatic heterocycles. The summed E-state index contributed by atoms with van der Waals surface area (Å²) in [5.74, 6) is 0.837. The Morgan fingerprint density at radius 1 is 0.912 bits per heavy atom. The van der Waals surface area contributed by atoms with Crippen molar-refractivity contribution in [2.24, 2.45) is 0 Å². The van der Waals surface area contributed by atoms with E-state index in [0.717, 1.165) is 27.6 Å². The molecule has 172 valence electrons. The van der Waals surface area contributed by atoms with Crippen LogP contribution in [0.2, 0.25) is 0 Å². The molecule has 0 aliphatic carbocycles. The number of benzene rings is 3. The van der Waals surface area contributed by atoms with E-state index in [4.69, 9.17) is 4.74 Å². The van der Waals surface area contributed by atoms with E-state index in [1.807, 2.05) is 72.8 Å². The Kier molecular flexibility index (Phi) is 7.18. The van der Waals surface area contributed by atoms with Crippen molar-refractivity contribution >= 4 is 28.4 Å². The number of pyridine rings is 1. The molecule has 0 bridgehead atoms. The molecule has 1 aromatic heterocycles. The van der Waals surface area contributed by atoms with Gasteiger partial charge in [-0.15, -0.1) is 0 Å². The molecule has 0 saturated carbocycles. The molecule has 1 atom stereocenters. The average Bonchev–Trinajstić information content (AvgIpc) is 2.89. The molecule has 2 amide bonds. The number of nitrogens with zero attached hydrogens (tertiary/aromatic N) is 2. The first kappa shape index (κ1) is 23.0. The summed E-state index contributed by atoms with van der Waals surface area (Å²) in [5, 5.41) is 4.87. The molecule has 3 aromatic carbocycles. The lowest BCUT2D eigenvalue weighted by Crippen LogP contribution is -2.49. The molecule has 34 heavy (non-hydrogen) atoms. The van der Waals surface area contributed by atoms with Gasteiger partial charge in [-0.3, -0.25) is 14.5 Å². The first-order valence-corrected chi connectivity index (χ1v) is 11.1. The smallest absolute Gasteiger partial charge is 0.250 e. The Balaban J connectivity index is 1.57. The SMILES string of the molecule is COc1ccc(CC(=O)N[C@@H](Cc2ccccc2)C(=O)N(C)c2ccccn2)c2ccccc12. The summed E-state index contributed by atoms with van der Waals surface area (Å²) in [4.78, 5) is 32.3. The molecule has 0 aliphatic rings. The van der Waals surface area contributed by atoms with Crippen LogP contribution in [0, 0.1) is 0 Å². The number of carbonyl (C=O) groups excluding carboxylic acids is 2. The number of likely N-dealkylation sites (N-methyl/N-ethyl adjacent to an activating group) is 1. The third-order valence-electron chi connectivity index (χ3n) is 5.78. The molecule has 1 heterocycles. The third kappa shape index (κ3) is 5.23. The van der Waals surface area contributed by atoms with E-state index in [1.165, 1.54) is 4.90 Å². The van der Waals surface area contributed by atoms with Gasteiger partial charge >= 0.3 is 0 Å². The van der Waals surface area contributed by atoms with E-state index in [-0.39, 0.29) is 18.2 Å². The van der Waals surface area contributed by atoms with Gasteiger partial charge in [0.05, 0.1) is 13.5 Å². The zero-order valence-corrected chi connectivity index (χ0v) is 19.3. The molecule has 4 rings (SSSR count). The zero-order valence-electron chi connectivity index (χ0n) is 19.3. The van der Waals surface area contributed by atoms with Crippen LogP contribution in [0.1, 0.15) is 11.1 Å². The first-order chi connectivity index (χ1) is 16.6. The minimum Gasteiger partial charge on any atom is -0.496 e. The molecular formula is C28H27N3O3. The van der Waals surface area contributed by atoms with Crippen LogP contribution in [-0.2, 0) is 22.4 Å². The second-order valence-electron chi connectivity index (χ2n) is 8.04. The van der Waals surface area contributed by atoms with Crippen LogP contribution in [0.5, 0.6) is 5.75 Å². The maximum absolute atomic E-state index is 13.4. The molecule has 0 fully saturated rings. The lowest BCUT2D eigenvalue weighted by Gasteiger charge is -2.24. The Morgan fingerprint density at radius 2 is 1.62 bits per heavy atom. The van der Waals surface area contributed by atoms with E-state index in [2.05, 4.69) is 10.3 Å². The number of hydrogen-bond acceptors (Lipinski definition) is 4. The van der Waals surface area contributed by atoms with Gasteiger partial charge in [0.25, 0.3) is 5.91 Å². The number of ether oxygens (including phenoxy) is 1. The predicted molar refractivity (Wildman–Crippen MR) is 134 cm³/mol. The number of fused-ring (bicyclic) bond motifs is 1. The molecule has 0 radical (unpaired) electrons. The summed E-state index contributed by atoms with van der Waals surface area (Å²) in [7, 11) is 3.30. The Morgan fingerprint density at radius 3 is 2.32 bits per heavy atom. The molecule has 6 nitrogen and oxygen atoms in total. The van der Waals surface area contributed by atoms with Crippen molar-refractivity contribution in [2.75, 3.05) is 19.1 Å². The van der Waals surface area contributed by atoms with Gasteiger partial charge in [0.15, 0.2) is 0 Å². The van der Waals surface area contributed by atoms with Gasteiger partial charge in [-0.05, 0) is 34.7 Å². The van der Waals surface area contributed by atoms with E-state index < -0.39 is 6.04 Å². The highest BCUT2D eigenvalue weighted by Gasteiger charge is 2.26. The number of amides is 2. The number of aromatic nitrogens is 1. The first-order valence-electron chi connectivity index (χ1n) is 11.1. The van der Waals surface area contributed by atoms with Gasteiger partial charge in [-0.1, -0.05) is 66.7 Å². The van der Waals surface area contributed by atoms with Crippen molar-refractivity contribution in [2.45, 2.75) is 18.9 Å². The monoisotopic (exact) mass is 453 g/mol. The predicted octanol–water partition coefficient (Wildman–Crippen LogP) is 4.18.